The SMILES string of the molecule is C.C.C.C.C.C.C.C.C.CSCC(CS)SC.CSCC(S)SC.CSCC(S)SC.CSCCS.CSCCS.CSCCS.CSCCS. The third kappa shape index (κ3) is 170. The number of thioether (sulfide) groups is 10. The first-order chi connectivity index (χ1) is 20.1. The quantitative estimate of drug-likeness (QED) is 0.0522. The fourth-order valence-electron chi connectivity index (χ4n) is 1.17. The second-order valence-corrected chi connectivity index (χ2v) is 20.6. The molecule has 0 rings (SSSR count). The molecule has 0 saturated heterocycles. The summed E-state index contributed by atoms with van der Waals surface area (Å²) in [5.41, 5.74) is 0. The first-order valence-electron chi connectivity index (χ1n) is 12.5. The lowest BCUT2D eigenvalue weighted by Gasteiger charge is -2.06. The molecule has 51 heavy (non-hydrogen) atoms. The van der Waals surface area contributed by atoms with Gasteiger partial charge < -0.3 is 0 Å². The zero-order chi connectivity index (χ0) is 34.3. The molecule has 3 atom stereocenters. The van der Waals surface area contributed by atoms with Crippen molar-refractivity contribution in [1.82, 2.24) is 0 Å². The Bertz CT molecular complexity index is 306. The molecular formula is C34H100S17. The Morgan fingerprint density at radius 1 is 0.333 bits per heavy atom. The van der Waals surface area contributed by atoms with E-state index in [1.807, 2.05) is 94.1 Å². The Morgan fingerprint density at radius 2 is 0.549 bits per heavy atom. The minimum Gasteiger partial charge on any atom is -0.179 e. The summed E-state index contributed by atoms with van der Waals surface area (Å²) in [5, 5.41) is 0.744. The van der Waals surface area contributed by atoms with Gasteiger partial charge in [0.2, 0.25) is 0 Å². The fourth-order valence-corrected chi connectivity index (χ4v) is 9.80. The van der Waals surface area contributed by atoms with Crippen molar-refractivity contribution in [2.24, 2.45) is 0 Å². The highest BCUT2D eigenvalue weighted by atomic mass is 32.2. The zero-order valence-corrected chi connectivity index (χ0v) is 41.9. The molecule has 0 radical (unpaired) electrons. The van der Waals surface area contributed by atoms with Gasteiger partial charge in [-0.05, 0) is 85.6 Å². The first-order valence-corrected chi connectivity index (χ1v) is 30.4. The molecule has 0 saturated carbocycles. The number of hydrogen-bond acceptors (Lipinski definition) is 17. The van der Waals surface area contributed by atoms with Gasteiger partial charge in [0.15, 0.2) is 0 Å². The van der Waals surface area contributed by atoms with Crippen LogP contribution in [0.15, 0.2) is 0 Å². The molecule has 0 aromatic heterocycles. The molecule has 0 aliphatic rings. The highest BCUT2D eigenvalue weighted by Crippen LogP contribution is 2.15. The highest BCUT2D eigenvalue weighted by molar-refractivity contribution is 8.12. The van der Waals surface area contributed by atoms with Crippen molar-refractivity contribution in [1.29, 1.82) is 0 Å². The van der Waals surface area contributed by atoms with Crippen LogP contribution in [0.1, 0.15) is 66.8 Å². The summed E-state index contributed by atoms with van der Waals surface area (Å²) in [6, 6.07) is 0. The summed E-state index contributed by atoms with van der Waals surface area (Å²) < 4.78 is 1.05. The third-order valence-corrected chi connectivity index (χ3v) is 15.7. The lowest BCUT2D eigenvalue weighted by molar-refractivity contribution is 1.16. The minimum absolute atomic E-state index is 0. The first kappa shape index (κ1) is 106. The van der Waals surface area contributed by atoms with E-state index in [1.54, 1.807) is 23.5 Å². The summed E-state index contributed by atoms with van der Waals surface area (Å²) in [5.74, 6) is 13.2. The molecular weight excluding hydrogens is 954 g/mol. The molecule has 0 aromatic carbocycles. The number of thiol groups is 7. The van der Waals surface area contributed by atoms with Crippen LogP contribution in [0.5, 0.6) is 0 Å². The topological polar surface area (TPSA) is 0 Å². The monoisotopic (exact) mass is 1050 g/mol. The van der Waals surface area contributed by atoms with E-state index in [2.05, 4.69) is 151 Å². The van der Waals surface area contributed by atoms with E-state index in [9.17, 15) is 0 Å². The van der Waals surface area contributed by atoms with E-state index in [1.165, 1.54) is 28.8 Å². The van der Waals surface area contributed by atoms with Gasteiger partial charge in [-0.15, -0.1) is 0 Å². The van der Waals surface area contributed by atoms with Crippen LogP contribution in [0.2, 0.25) is 0 Å². The lowest BCUT2D eigenvalue weighted by Crippen LogP contribution is -2.06. The number of rotatable bonds is 18. The molecule has 338 valence electrons. The van der Waals surface area contributed by atoms with Crippen LogP contribution in [0.25, 0.3) is 0 Å². The van der Waals surface area contributed by atoms with Crippen LogP contribution >= 0.6 is 206 Å². The second-order valence-electron chi connectivity index (χ2n) is 6.65. The fraction of sp³-hybridized carbons (Fsp3) is 1.00. The average molecular weight is 1050 g/mol. The molecule has 0 nitrogen and oxygen atoms in total. The van der Waals surface area contributed by atoms with Gasteiger partial charge in [-0.25, -0.2) is 0 Å². The maximum Gasteiger partial charge on any atom is 0.0559 e. The van der Waals surface area contributed by atoms with Crippen molar-refractivity contribution in [2.75, 3.05) is 132 Å². The maximum absolute atomic E-state index is 4.25. The summed E-state index contributed by atoms with van der Waals surface area (Å²) in [6.07, 6.45) is 20.9. The summed E-state index contributed by atoms with van der Waals surface area (Å²) in [4.78, 5) is 0. The van der Waals surface area contributed by atoms with Crippen LogP contribution in [-0.4, -0.2) is 146 Å². The van der Waals surface area contributed by atoms with E-state index in [0.717, 1.165) is 45.5 Å². The summed E-state index contributed by atoms with van der Waals surface area (Å²) in [6.45, 7) is 0. The molecule has 0 aromatic rings. The van der Waals surface area contributed by atoms with Gasteiger partial charge in [0.05, 0.1) is 9.16 Å². The smallest absolute Gasteiger partial charge is 0.0559 e. The minimum atomic E-state index is 0. The van der Waals surface area contributed by atoms with Gasteiger partial charge >= 0.3 is 0 Å². The summed E-state index contributed by atoms with van der Waals surface area (Å²) in [7, 11) is 0. The molecule has 0 fully saturated rings. The molecule has 3 unspecified atom stereocenters. The van der Waals surface area contributed by atoms with Crippen LogP contribution < -0.4 is 0 Å². The number of hydrogen-bond donors (Lipinski definition) is 7. The van der Waals surface area contributed by atoms with Gasteiger partial charge in [0, 0.05) is 51.3 Å². The molecule has 17 heteroatoms. The van der Waals surface area contributed by atoms with Gasteiger partial charge in [0.1, 0.15) is 0 Å². The normalized spacial score (nSPS) is 9.35. The molecule has 0 aliphatic carbocycles. The standard InChI is InChI=1S/C5H12S3.2C4H10S3.4C3H8S2.9CH4/c1-7-4-5(3-6)8-2;2*1-6-3-4(5)7-2;4*1-5-3-2-4;;;;;;;;;/h5-6H,3-4H2,1-2H3;2*4-5H,3H2,1-2H3;4*4H,2-3H2,1H3;9*1H4. The molecule has 0 N–H and O–H groups in total. The molecule has 0 amide bonds. The maximum atomic E-state index is 4.25. The zero-order valence-electron chi connectivity index (χ0n) is 27.4. The largest absolute Gasteiger partial charge is 0.179 e. The van der Waals surface area contributed by atoms with E-state index >= 15 is 0 Å². The molecule has 0 bridgehead atoms. The second kappa shape index (κ2) is 124. The van der Waals surface area contributed by atoms with Crippen LogP contribution in [-0.2, 0) is 0 Å². The van der Waals surface area contributed by atoms with Gasteiger partial charge in [-0.1, -0.05) is 66.8 Å². The van der Waals surface area contributed by atoms with E-state index in [4.69, 9.17) is 0 Å². The Morgan fingerprint density at radius 3 is 0.588 bits per heavy atom. The van der Waals surface area contributed by atoms with Gasteiger partial charge in [-0.2, -0.15) is 206 Å². The van der Waals surface area contributed by atoms with Gasteiger partial charge in [-0.3, -0.25) is 0 Å². The molecule has 0 spiro atoms. The molecule has 0 aliphatic heterocycles. The van der Waals surface area contributed by atoms with E-state index < -0.39 is 0 Å². The molecule has 0 heterocycles. The van der Waals surface area contributed by atoms with Crippen molar-refractivity contribution >= 4 is 206 Å². The van der Waals surface area contributed by atoms with Crippen LogP contribution in [0.3, 0.4) is 0 Å². The van der Waals surface area contributed by atoms with Crippen molar-refractivity contribution in [2.45, 2.75) is 81.3 Å². The van der Waals surface area contributed by atoms with Crippen molar-refractivity contribution in [3.05, 3.63) is 0 Å². The Balaban J connectivity index is -0.0000000196. The third-order valence-electron chi connectivity index (χ3n) is 3.23. The van der Waals surface area contributed by atoms with E-state index in [-0.39, 0.29) is 66.8 Å². The predicted molar refractivity (Wildman–Crippen MR) is 328 cm³/mol. The average Bonchev–Trinajstić information content (AvgIpc) is 2.99. The Hall–Kier alpha value is 5.95. The van der Waals surface area contributed by atoms with Crippen LogP contribution in [0, 0.1) is 0 Å². The van der Waals surface area contributed by atoms with Crippen molar-refractivity contribution in [3.63, 3.8) is 0 Å². The van der Waals surface area contributed by atoms with Crippen molar-refractivity contribution < 1.29 is 0 Å². The Labute approximate surface area is 413 Å². The van der Waals surface area contributed by atoms with Crippen molar-refractivity contribution in [3.8, 4) is 0 Å². The lowest BCUT2D eigenvalue weighted by atomic mass is 10.5. The highest BCUT2D eigenvalue weighted by Gasteiger charge is 2.00. The summed E-state index contributed by atoms with van der Waals surface area (Å²) >= 11 is 47.0. The Kier molecular flexibility index (Phi) is 258. The van der Waals surface area contributed by atoms with Gasteiger partial charge in [0.25, 0.3) is 0 Å². The van der Waals surface area contributed by atoms with E-state index in [0.29, 0.717) is 9.16 Å². The predicted octanol–water partition coefficient (Wildman–Crippen LogP) is 16.8. The van der Waals surface area contributed by atoms with Crippen LogP contribution in [0.4, 0.5) is 0 Å².